The summed E-state index contributed by atoms with van der Waals surface area (Å²) in [4.78, 5) is 38.6. The molecule has 0 bridgehead atoms. The minimum atomic E-state index is -0.656. The predicted molar refractivity (Wildman–Crippen MR) is 167 cm³/mol. The molecule has 2 aliphatic rings. The number of ketones is 2. The fourth-order valence-electron chi connectivity index (χ4n) is 8.58. The summed E-state index contributed by atoms with van der Waals surface area (Å²) in [5.74, 6) is 0.117. The van der Waals surface area contributed by atoms with Crippen LogP contribution in [-0.2, 0) is 9.59 Å². The number of hydrogen-bond acceptors (Lipinski definition) is 4. The van der Waals surface area contributed by atoms with Crippen LogP contribution in [-0.4, -0.2) is 30.2 Å². The molecule has 0 aromatic rings. The number of Topliss-reactive ketones (excluding diaryl/α,β-unsaturated/α-hetero) is 2. The zero-order chi connectivity index (χ0) is 31.7. The second kappa shape index (κ2) is 12.2. The van der Waals surface area contributed by atoms with E-state index >= 15 is 0 Å². The van der Waals surface area contributed by atoms with Gasteiger partial charge in [-0.1, -0.05) is 74.8 Å². The molecule has 0 unspecified atom stereocenters. The Morgan fingerprint density at radius 3 is 2.12 bits per heavy atom. The monoisotopic (exact) mass is 569 g/mol. The van der Waals surface area contributed by atoms with E-state index in [1.807, 2.05) is 19.9 Å². The van der Waals surface area contributed by atoms with Gasteiger partial charge in [-0.15, -0.1) is 0 Å². The van der Waals surface area contributed by atoms with E-state index in [1.54, 1.807) is 14.0 Å². The minimum absolute atomic E-state index is 0.0152. The first-order chi connectivity index (χ1) is 18.6. The summed E-state index contributed by atoms with van der Waals surface area (Å²) < 4.78 is 0. The van der Waals surface area contributed by atoms with Crippen LogP contribution in [0.1, 0.15) is 134 Å². The summed E-state index contributed by atoms with van der Waals surface area (Å²) in [7, 11) is 1.66. The molecule has 0 saturated heterocycles. The smallest absolute Gasteiger partial charge is 0.314 e. The molecule has 6 nitrogen and oxygen atoms in total. The number of nitriles is 1. The summed E-state index contributed by atoms with van der Waals surface area (Å²) >= 11 is 0. The first-order valence-corrected chi connectivity index (χ1v) is 15.8. The molecule has 5 atom stereocenters. The molecule has 2 amide bonds. The Balaban J connectivity index is 2.50. The van der Waals surface area contributed by atoms with Crippen LogP contribution in [0.5, 0.6) is 0 Å². The molecule has 0 heterocycles. The van der Waals surface area contributed by atoms with Crippen LogP contribution in [0, 0.1) is 50.2 Å². The van der Waals surface area contributed by atoms with Crippen molar-refractivity contribution in [3.8, 4) is 6.07 Å². The van der Waals surface area contributed by atoms with Gasteiger partial charge >= 0.3 is 6.03 Å². The Bertz CT molecular complexity index is 1080. The summed E-state index contributed by atoms with van der Waals surface area (Å²) in [6.45, 7) is 23.8. The van der Waals surface area contributed by atoms with Crippen molar-refractivity contribution in [2.75, 3.05) is 7.05 Å². The van der Waals surface area contributed by atoms with Crippen molar-refractivity contribution in [3.05, 3.63) is 11.6 Å². The van der Waals surface area contributed by atoms with Gasteiger partial charge in [0.1, 0.15) is 11.9 Å². The van der Waals surface area contributed by atoms with Gasteiger partial charge in [0.25, 0.3) is 0 Å². The van der Waals surface area contributed by atoms with E-state index in [1.165, 1.54) is 0 Å². The Hall–Kier alpha value is -2.16. The number of fused-ring (bicyclic) bond motifs is 1. The Morgan fingerprint density at radius 1 is 1.02 bits per heavy atom. The number of carbonyl (C=O) groups is 3. The van der Waals surface area contributed by atoms with E-state index in [2.05, 4.69) is 72.1 Å². The number of nitrogens with zero attached hydrogens (tertiary/aromatic N) is 1. The molecule has 0 aromatic carbocycles. The highest BCUT2D eigenvalue weighted by molar-refractivity contribution is 6.04. The predicted octanol–water partition coefficient (Wildman–Crippen LogP) is 8.16. The molecule has 6 heteroatoms. The number of carbonyl (C=O) groups excluding carboxylic acids is 3. The van der Waals surface area contributed by atoms with Gasteiger partial charge < -0.3 is 15.4 Å². The van der Waals surface area contributed by atoms with Crippen LogP contribution in [0.2, 0.25) is 0 Å². The Morgan fingerprint density at radius 2 is 1.61 bits per heavy atom. The molecule has 2 N–H and O–H groups in total. The van der Waals surface area contributed by atoms with Crippen LogP contribution in [0.3, 0.4) is 0 Å². The average molecular weight is 570 g/mol. The third-order valence-corrected chi connectivity index (χ3v) is 11.8. The first kappa shape index (κ1) is 35.0. The maximum absolute atomic E-state index is 13.3. The van der Waals surface area contributed by atoms with Crippen molar-refractivity contribution >= 4 is 17.6 Å². The van der Waals surface area contributed by atoms with Gasteiger partial charge in [-0.05, 0) is 92.3 Å². The second-order valence-electron chi connectivity index (χ2n) is 16.1. The number of rotatable bonds is 12. The van der Waals surface area contributed by atoms with E-state index in [9.17, 15) is 19.6 Å². The molecular formula is C35H59N3O3. The maximum Gasteiger partial charge on any atom is 0.314 e. The zero-order valence-electron chi connectivity index (χ0n) is 28.3. The molecule has 41 heavy (non-hydrogen) atoms. The number of nitrogens with one attached hydrogen (secondary N) is 2. The lowest BCUT2D eigenvalue weighted by atomic mass is 9.39. The lowest BCUT2D eigenvalue weighted by Crippen LogP contribution is -2.60. The highest BCUT2D eigenvalue weighted by Gasteiger charge is 2.63. The normalized spacial score (nSPS) is 29.4. The van der Waals surface area contributed by atoms with E-state index in [0.29, 0.717) is 6.42 Å². The SMILES string of the molecule is CCCC(C)(C)CC[C@@](C)(CCC(C)(C)[C@]1(C)CC[C@H]2C(C)(C)C(=O)C(C#N)=C[C@]2(C)[C@H]1CC(C)=O)NC(=O)NC. The van der Waals surface area contributed by atoms with Gasteiger partial charge in [0.05, 0.1) is 5.57 Å². The summed E-state index contributed by atoms with van der Waals surface area (Å²) in [5.41, 5.74) is -1.42. The molecular weight excluding hydrogens is 510 g/mol. The lowest BCUT2D eigenvalue weighted by molar-refractivity contribution is -0.155. The standard InChI is InChI=1S/C35H59N3O3/c1-13-15-30(3,4)17-19-33(9,38-29(41)37-12)20-18-31(5,6)35(11)16-14-26-32(7,8)28(40)25(23-36)22-34(26,10)27(35)21-24(2)39/h22,26-27H,13-21H2,1-12H3,(H2,37,38,41)/t26-,27+,33-,34-,35+/m0/s1. The Kier molecular flexibility index (Phi) is 10.4. The number of allylic oxidation sites excluding steroid dienone is 2. The molecule has 2 aliphatic carbocycles. The fraction of sp³-hybridized carbons (Fsp3) is 0.829. The molecule has 0 aliphatic heterocycles. The first-order valence-electron chi connectivity index (χ1n) is 15.8. The van der Waals surface area contributed by atoms with Crippen LogP contribution in [0.15, 0.2) is 11.6 Å². The van der Waals surface area contributed by atoms with Gasteiger partial charge in [0, 0.05) is 24.4 Å². The largest absolute Gasteiger partial charge is 0.341 e. The van der Waals surface area contributed by atoms with Crippen molar-refractivity contribution in [1.29, 1.82) is 5.26 Å². The van der Waals surface area contributed by atoms with Crippen LogP contribution < -0.4 is 10.6 Å². The molecule has 0 spiro atoms. The van der Waals surface area contributed by atoms with E-state index in [-0.39, 0.29) is 56.8 Å². The van der Waals surface area contributed by atoms with Crippen molar-refractivity contribution in [3.63, 3.8) is 0 Å². The average Bonchev–Trinajstić information content (AvgIpc) is 2.86. The lowest BCUT2D eigenvalue weighted by Gasteiger charge is -2.64. The summed E-state index contributed by atoms with van der Waals surface area (Å²) in [6.07, 6.45) is 10.0. The van der Waals surface area contributed by atoms with E-state index in [0.717, 1.165) is 51.4 Å². The zero-order valence-corrected chi connectivity index (χ0v) is 28.3. The van der Waals surface area contributed by atoms with Crippen LogP contribution in [0.4, 0.5) is 4.79 Å². The Labute approximate surface area is 250 Å². The van der Waals surface area contributed by atoms with Gasteiger partial charge in [-0.2, -0.15) is 5.26 Å². The molecule has 1 saturated carbocycles. The van der Waals surface area contributed by atoms with Gasteiger partial charge in [-0.25, -0.2) is 4.79 Å². The minimum Gasteiger partial charge on any atom is -0.341 e. The van der Waals surface area contributed by atoms with Crippen molar-refractivity contribution in [2.45, 2.75) is 139 Å². The fourth-order valence-corrected chi connectivity index (χ4v) is 8.58. The third kappa shape index (κ3) is 7.08. The molecule has 1 fully saturated rings. The highest BCUT2D eigenvalue weighted by Crippen LogP contribution is 2.68. The van der Waals surface area contributed by atoms with E-state index < -0.39 is 10.8 Å². The number of hydrogen-bond donors (Lipinski definition) is 2. The molecule has 232 valence electrons. The van der Waals surface area contributed by atoms with Gasteiger partial charge in [-0.3, -0.25) is 4.79 Å². The van der Waals surface area contributed by atoms with Crippen molar-refractivity contribution < 1.29 is 14.4 Å². The highest BCUT2D eigenvalue weighted by atomic mass is 16.2. The number of urea groups is 1. The van der Waals surface area contributed by atoms with Crippen molar-refractivity contribution in [1.82, 2.24) is 10.6 Å². The van der Waals surface area contributed by atoms with Gasteiger partial charge in [0.2, 0.25) is 0 Å². The van der Waals surface area contributed by atoms with Crippen LogP contribution in [0.25, 0.3) is 0 Å². The summed E-state index contributed by atoms with van der Waals surface area (Å²) in [5, 5.41) is 16.0. The quantitative estimate of drug-likeness (QED) is 0.248. The van der Waals surface area contributed by atoms with Crippen LogP contribution >= 0.6 is 0 Å². The molecule has 2 rings (SSSR count). The summed E-state index contributed by atoms with van der Waals surface area (Å²) in [6, 6.07) is 2.03. The topological polar surface area (TPSA) is 99.1 Å². The van der Waals surface area contributed by atoms with Gasteiger partial charge in [0.15, 0.2) is 5.78 Å². The molecule has 0 radical (unpaired) electrons. The van der Waals surface area contributed by atoms with E-state index in [4.69, 9.17) is 0 Å². The second-order valence-corrected chi connectivity index (χ2v) is 16.1. The third-order valence-electron chi connectivity index (χ3n) is 11.8. The molecule has 0 aromatic heterocycles. The number of amides is 2. The van der Waals surface area contributed by atoms with Crippen molar-refractivity contribution in [2.24, 2.45) is 38.9 Å². The maximum atomic E-state index is 13.3.